The van der Waals surface area contributed by atoms with Gasteiger partial charge in [0.05, 0.1) is 12.8 Å². The zero-order valence-electron chi connectivity index (χ0n) is 19.7. The first-order valence-electron chi connectivity index (χ1n) is 10.8. The minimum absolute atomic E-state index is 0.166. The van der Waals surface area contributed by atoms with Gasteiger partial charge in [0.15, 0.2) is 0 Å². The first-order valence-corrected chi connectivity index (χ1v) is 12.3. The molecule has 0 aliphatic carbocycles. The van der Waals surface area contributed by atoms with Crippen molar-refractivity contribution in [3.05, 3.63) is 90.0 Å². The van der Waals surface area contributed by atoms with Crippen LogP contribution in [-0.2, 0) is 21.4 Å². The number of hydrogen-bond acceptors (Lipinski definition) is 5. The molecule has 0 saturated heterocycles. The molecule has 3 rings (SSSR count). The number of aryl methyl sites for hydroxylation is 1. The van der Waals surface area contributed by atoms with Gasteiger partial charge in [0, 0.05) is 19.2 Å². The monoisotopic (exact) mass is 496 g/mol. The molecule has 3 aromatic carbocycles. The van der Waals surface area contributed by atoms with Gasteiger partial charge in [0.25, 0.3) is 0 Å². The highest BCUT2D eigenvalue weighted by atomic mass is 32.2. The van der Waals surface area contributed by atoms with Crippen molar-refractivity contribution in [3.63, 3.8) is 0 Å². The SMILES string of the molecule is COc1ccc(N(C)C(=O)[C@H](Cc2ccccc2)NC(=O)NS(=O)(=O)Nc2cccc(C)c2)cc1. The zero-order chi connectivity index (χ0) is 25.4. The molecule has 0 radical (unpaired) electrons. The fourth-order valence-electron chi connectivity index (χ4n) is 3.42. The van der Waals surface area contributed by atoms with E-state index in [1.807, 2.05) is 48.0 Å². The van der Waals surface area contributed by atoms with Crippen molar-refractivity contribution in [2.24, 2.45) is 0 Å². The Balaban J connectivity index is 1.75. The van der Waals surface area contributed by atoms with Gasteiger partial charge in [0.2, 0.25) is 5.91 Å². The van der Waals surface area contributed by atoms with Gasteiger partial charge in [-0.1, -0.05) is 42.5 Å². The van der Waals surface area contributed by atoms with Crippen LogP contribution in [0.25, 0.3) is 0 Å². The molecule has 0 aromatic heterocycles. The van der Waals surface area contributed by atoms with E-state index in [-0.39, 0.29) is 6.42 Å². The molecule has 184 valence electrons. The van der Waals surface area contributed by atoms with Crippen molar-refractivity contribution in [1.82, 2.24) is 10.0 Å². The smallest absolute Gasteiger partial charge is 0.330 e. The summed E-state index contributed by atoms with van der Waals surface area (Å²) in [6.45, 7) is 1.82. The summed E-state index contributed by atoms with van der Waals surface area (Å²) in [5.74, 6) is 0.220. The van der Waals surface area contributed by atoms with Crippen LogP contribution in [0.2, 0.25) is 0 Å². The third kappa shape index (κ3) is 7.47. The Hall–Kier alpha value is -4.05. The molecule has 0 fully saturated rings. The molecule has 0 bridgehead atoms. The van der Waals surface area contributed by atoms with Crippen LogP contribution in [-0.4, -0.2) is 40.6 Å². The van der Waals surface area contributed by atoms with Crippen LogP contribution in [0.1, 0.15) is 11.1 Å². The Bertz CT molecular complexity index is 1260. The van der Waals surface area contributed by atoms with Crippen LogP contribution in [0, 0.1) is 6.92 Å². The van der Waals surface area contributed by atoms with Crippen LogP contribution >= 0.6 is 0 Å². The fraction of sp³-hybridized carbons (Fsp3) is 0.200. The maximum absolute atomic E-state index is 13.3. The fourth-order valence-corrected chi connectivity index (χ4v) is 4.21. The second-order valence-corrected chi connectivity index (χ2v) is 9.30. The van der Waals surface area contributed by atoms with Crippen molar-refractivity contribution >= 4 is 33.5 Å². The lowest BCUT2D eigenvalue weighted by atomic mass is 10.0. The van der Waals surface area contributed by atoms with Gasteiger partial charge in [0.1, 0.15) is 11.8 Å². The van der Waals surface area contributed by atoms with E-state index in [9.17, 15) is 18.0 Å². The number of methoxy groups -OCH3 is 1. The Morgan fingerprint density at radius 3 is 2.29 bits per heavy atom. The summed E-state index contributed by atoms with van der Waals surface area (Å²) >= 11 is 0. The largest absolute Gasteiger partial charge is 0.497 e. The number of anilines is 2. The number of likely N-dealkylation sites (N-methyl/N-ethyl adjacent to an activating group) is 1. The Kier molecular flexibility index (Phi) is 8.32. The van der Waals surface area contributed by atoms with Gasteiger partial charge in [-0.3, -0.25) is 9.52 Å². The molecule has 1 atom stereocenters. The predicted molar refractivity (Wildman–Crippen MR) is 136 cm³/mol. The molecule has 0 heterocycles. The summed E-state index contributed by atoms with van der Waals surface area (Å²) in [6, 6.07) is 20.6. The van der Waals surface area contributed by atoms with E-state index in [0.717, 1.165) is 11.1 Å². The van der Waals surface area contributed by atoms with Crippen molar-refractivity contribution in [3.8, 4) is 5.75 Å². The Morgan fingerprint density at radius 2 is 1.66 bits per heavy atom. The third-order valence-corrected chi connectivity index (χ3v) is 6.13. The highest BCUT2D eigenvalue weighted by Gasteiger charge is 2.27. The van der Waals surface area contributed by atoms with Crippen LogP contribution in [0.15, 0.2) is 78.9 Å². The van der Waals surface area contributed by atoms with Crippen LogP contribution in [0.5, 0.6) is 5.75 Å². The van der Waals surface area contributed by atoms with Gasteiger partial charge >= 0.3 is 16.2 Å². The lowest BCUT2D eigenvalue weighted by Crippen LogP contribution is -2.53. The molecule has 0 unspecified atom stereocenters. The molecule has 3 aromatic rings. The van der Waals surface area contributed by atoms with E-state index in [1.54, 1.807) is 56.6 Å². The summed E-state index contributed by atoms with van der Waals surface area (Å²) in [7, 11) is -1.10. The van der Waals surface area contributed by atoms with Crippen LogP contribution in [0.3, 0.4) is 0 Å². The summed E-state index contributed by atoms with van der Waals surface area (Å²) in [4.78, 5) is 27.3. The predicted octanol–water partition coefficient (Wildman–Crippen LogP) is 3.23. The number of carbonyl (C=O) groups excluding carboxylic acids is 2. The van der Waals surface area contributed by atoms with Crippen molar-refractivity contribution in [2.45, 2.75) is 19.4 Å². The molecule has 0 aliphatic rings. The number of nitrogens with one attached hydrogen (secondary N) is 3. The molecular formula is C25H28N4O5S. The van der Waals surface area contributed by atoms with E-state index in [1.165, 1.54) is 4.90 Å². The van der Waals surface area contributed by atoms with Crippen molar-refractivity contribution in [2.75, 3.05) is 23.8 Å². The van der Waals surface area contributed by atoms with E-state index in [4.69, 9.17) is 4.74 Å². The lowest BCUT2D eigenvalue weighted by molar-refractivity contribution is -0.120. The first-order chi connectivity index (χ1) is 16.7. The summed E-state index contributed by atoms with van der Waals surface area (Å²) < 4.78 is 34.3. The lowest BCUT2D eigenvalue weighted by Gasteiger charge is -2.25. The molecular weight excluding hydrogens is 468 g/mol. The zero-order valence-corrected chi connectivity index (χ0v) is 20.5. The Labute approximate surface area is 205 Å². The summed E-state index contributed by atoms with van der Waals surface area (Å²) in [5.41, 5.74) is 2.55. The maximum Gasteiger partial charge on any atom is 0.330 e. The van der Waals surface area contributed by atoms with Gasteiger partial charge < -0.3 is 15.0 Å². The standard InChI is InChI=1S/C25H28N4O5S/c1-18-8-7-11-20(16-18)27-35(32,33)28-25(31)26-23(17-19-9-5-4-6-10-19)24(30)29(2)21-12-14-22(34-3)15-13-21/h4-16,23,27H,17H2,1-3H3,(H2,26,28,31)/t23-/m0/s1. The summed E-state index contributed by atoms with van der Waals surface area (Å²) in [6.07, 6.45) is 0.166. The highest BCUT2D eigenvalue weighted by molar-refractivity contribution is 7.91. The van der Waals surface area contributed by atoms with Crippen molar-refractivity contribution in [1.29, 1.82) is 0 Å². The quantitative estimate of drug-likeness (QED) is 0.421. The summed E-state index contributed by atoms with van der Waals surface area (Å²) in [5, 5.41) is 2.51. The number of nitrogens with zero attached hydrogens (tertiary/aromatic N) is 1. The molecule has 0 saturated carbocycles. The average molecular weight is 497 g/mol. The number of amides is 3. The number of hydrogen-bond donors (Lipinski definition) is 3. The number of urea groups is 1. The third-order valence-electron chi connectivity index (χ3n) is 5.17. The van der Waals surface area contributed by atoms with E-state index >= 15 is 0 Å². The van der Waals surface area contributed by atoms with Gasteiger partial charge in [-0.05, 0) is 54.4 Å². The number of benzene rings is 3. The topological polar surface area (TPSA) is 117 Å². The molecule has 3 N–H and O–H groups in total. The van der Waals surface area contributed by atoms with Gasteiger partial charge in [-0.25, -0.2) is 9.52 Å². The van der Waals surface area contributed by atoms with E-state index in [2.05, 4.69) is 10.0 Å². The molecule has 0 spiro atoms. The molecule has 10 heteroatoms. The maximum atomic E-state index is 13.3. The minimum atomic E-state index is -4.23. The highest BCUT2D eigenvalue weighted by Crippen LogP contribution is 2.19. The molecule has 35 heavy (non-hydrogen) atoms. The molecule has 0 aliphatic heterocycles. The Morgan fingerprint density at radius 1 is 0.971 bits per heavy atom. The normalized spacial score (nSPS) is 11.7. The number of rotatable bonds is 9. The number of carbonyl (C=O) groups is 2. The van der Waals surface area contributed by atoms with Gasteiger partial charge in [-0.2, -0.15) is 8.42 Å². The second-order valence-electron chi connectivity index (χ2n) is 7.89. The minimum Gasteiger partial charge on any atom is -0.497 e. The number of ether oxygens (including phenoxy) is 1. The molecule has 3 amide bonds. The van der Waals surface area contributed by atoms with Crippen LogP contribution in [0.4, 0.5) is 16.2 Å². The van der Waals surface area contributed by atoms with Gasteiger partial charge in [-0.15, -0.1) is 0 Å². The van der Waals surface area contributed by atoms with E-state index in [0.29, 0.717) is 17.1 Å². The van der Waals surface area contributed by atoms with Crippen molar-refractivity contribution < 1.29 is 22.7 Å². The first kappa shape index (κ1) is 25.6. The van der Waals surface area contributed by atoms with Crippen LogP contribution < -0.4 is 24.4 Å². The van der Waals surface area contributed by atoms with E-state index < -0.39 is 28.2 Å². The molecule has 9 nitrogen and oxygen atoms in total. The average Bonchev–Trinajstić information content (AvgIpc) is 2.82. The second kappa shape index (κ2) is 11.4.